The zero-order valence-electron chi connectivity index (χ0n) is 13.7. The minimum absolute atomic E-state index is 0.0695. The van der Waals surface area contributed by atoms with E-state index in [1.807, 2.05) is 42.2 Å². The Balaban J connectivity index is 1.50. The second-order valence-corrected chi connectivity index (χ2v) is 7.20. The summed E-state index contributed by atoms with van der Waals surface area (Å²) in [4.78, 5) is 20.1. The number of ether oxygens (including phenoxy) is 2. The molecule has 4 rings (SSSR count). The van der Waals surface area contributed by atoms with Crippen LogP contribution in [0.5, 0.6) is 0 Å². The third kappa shape index (κ3) is 2.85. The molecule has 2 aliphatic heterocycles. The number of hydrogen-bond acceptors (Lipinski definition) is 5. The third-order valence-corrected chi connectivity index (χ3v) is 5.83. The van der Waals surface area contributed by atoms with Crippen molar-refractivity contribution in [3.05, 3.63) is 40.9 Å². The summed E-state index contributed by atoms with van der Waals surface area (Å²) in [5.74, 6) is -0.380. The maximum absolute atomic E-state index is 12.9. The normalized spacial score (nSPS) is 19.8. The van der Waals surface area contributed by atoms with Gasteiger partial charge in [-0.2, -0.15) is 0 Å². The van der Waals surface area contributed by atoms with Gasteiger partial charge in [0.2, 0.25) is 0 Å². The van der Waals surface area contributed by atoms with Gasteiger partial charge in [-0.15, -0.1) is 11.3 Å². The predicted molar refractivity (Wildman–Crippen MR) is 92.1 cm³/mol. The molecule has 2 saturated heterocycles. The van der Waals surface area contributed by atoms with Gasteiger partial charge in [0.25, 0.3) is 5.91 Å². The van der Waals surface area contributed by atoms with Gasteiger partial charge in [0, 0.05) is 31.5 Å². The van der Waals surface area contributed by atoms with Crippen LogP contribution in [-0.4, -0.2) is 47.9 Å². The van der Waals surface area contributed by atoms with E-state index in [1.165, 1.54) is 11.3 Å². The smallest absolute Gasteiger partial charge is 0.265 e. The molecule has 6 heteroatoms. The van der Waals surface area contributed by atoms with Crippen molar-refractivity contribution in [3.63, 3.8) is 0 Å². The number of thiazole rings is 1. The van der Waals surface area contributed by atoms with E-state index in [0.29, 0.717) is 26.3 Å². The number of likely N-dealkylation sites (tertiary alicyclic amines) is 1. The topological polar surface area (TPSA) is 51.7 Å². The Morgan fingerprint density at radius 2 is 1.83 bits per heavy atom. The fraction of sp³-hybridized carbons (Fsp3) is 0.444. The Bertz CT molecular complexity index is 728. The van der Waals surface area contributed by atoms with E-state index in [0.717, 1.165) is 34.0 Å². The van der Waals surface area contributed by atoms with Crippen molar-refractivity contribution in [2.45, 2.75) is 25.6 Å². The zero-order chi connectivity index (χ0) is 16.6. The molecule has 126 valence electrons. The fourth-order valence-electron chi connectivity index (χ4n) is 3.28. The molecule has 0 unspecified atom stereocenters. The van der Waals surface area contributed by atoms with Crippen molar-refractivity contribution in [1.82, 2.24) is 9.88 Å². The lowest BCUT2D eigenvalue weighted by Crippen LogP contribution is -2.47. The molecular weight excluding hydrogens is 324 g/mol. The number of nitrogens with zero attached hydrogens (tertiary/aromatic N) is 2. The van der Waals surface area contributed by atoms with Crippen LogP contribution < -0.4 is 0 Å². The Hall–Kier alpha value is -1.76. The summed E-state index contributed by atoms with van der Waals surface area (Å²) in [7, 11) is 0. The van der Waals surface area contributed by atoms with E-state index in [-0.39, 0.29) is 5.91 Å². The number of aryl methyl sites for hydroxylation is 1. The summed E-state index contributed by atoms with van der Waals surface area (Å²) in [6.45, 7) is 4.54. The summed E-state index contributed by atoms with van der Waals surface area (Å²) in [6.07, 6.45) is 1.48. The summed E-state index contributed by atoms with van der Waals surface area (Å²) in [5, 5.41) is 0.896. The Morgan fingerprint density at radius 1 is 1.17 bits per heavy atom. The molecule has 0 saturated carbocycles. The fourth-order valence-corrected chi connectivity index (χ4v) is 4.32. The second kappa shape index (κ2) is 6.27. The number of amides is 1. The molecule has 2 fully saturated rings. The molecule has 3 heterocycles. The molecule has 0 N–H and O–H groups in total. The molecule has 2 aromatic rings. The molecule has 1 aromatic carbocycles. The van der Waals surface area contributed by atoms with Crippen molar-refractivity contribution in [3.8, 4) is 10.6 Å². The van der Waals surface area contributed by atoms with Crippen molar-refractivity contribution in [2.24, 2.45) is 0 Å². The number of hydrogen-bond donors (Lipinski definition) is 0. The highest BCUT2D eigenvalue weighted by molar-refractivity contribution is 7.17. The van der Waals surface area contributed by atoms with Crippen LogP contribution >= 0.6 is 11.3 Å². The highest BCUT2D eigenvalue weighted by Gasteiger charge is 2.41. The first-order valence-electron chi connectivity index (χ1n) is 8.27. The van der Waals surface area contributed by atoms with Crippen LogP contribution in [0.25, 0.3) is 10.6 Å². The molecular formula is C18H20N2O3S. The van der Waals surface area contributed by atoms with Gasteiger partial charge < -0.3 is 14.4 Å². The molecule has 2 aliphatic rings. The minimum atomic E-state index is -0.450. The predicted octanol–water partition coefficient (Wildman–Crippen LogP) is 3.10. The van der Waals surface area contributed by atoms with Crippen LogP contribution in [0, 0.1) is 6.92 Å². The Kier molecular flexibility index (Phi) is 4.12. The SMILES string of the molecule is Cc1nc(-c2ccccc2)sc1C(=O)N1CCC2(CC1)OCCO2. The number of aromatic nitrogens is 1. The standard InChI is InChI=1S/C18H20N2O3S/c1-13-15(24-16(19-13)14-5-3-2-4-6-14)17(21)20-9-7-18(8-10-20)22-11-12-23-18/h2-6H,7-12H2,1H3. The van der Waals surface area contributed by atoms with Crippen LogP contribution in [0.3, 0.4) is 0 Å². The monoisotopic (exact) mass is 344 g/mol. The molecule has 24 heavy (non-hydrogen) atoms. The quantitative estimate of drug-likeness (QED) is 0.840. The highest BCUT2D eigenvalue weighted by Crippen LogP contribution is 2.33. The summed E-state index contributed by atoms with van der Waals surface area (Å²) in [5.41, 5.74) is 1.85. The van der Waals surface area contributed by atoms with E-state index in [1.54, 1.807) is 0 Å². The van der Waals surface area contributed by atoms with Crippen molar-refractivity contribution in [2.75, 3.05) is 26.3 Å². The van der Waals surface area contributed by atoms with Crippen LogP contribution in [-0.2, 0) is 9.47 Å². The average molecular weight is 344 g/mol. The lowest BCUT2D eigenvalue weighted by Gasteiger charge is -2.37. The number of benzene rings is 1. The first-order valence-corrected chi connectivity index (χ1v) is 9.09. The van der Waals surface area contributed by atoms with Crippen molar-refractivity contribution in [1.29, 1.82) is 0 Å². The van der Waals surface area contributed by atoms with Gasteiger partial charge in [0.1, 0.15) is 9.88 Å². The van der Waals surface area contributed by atoms with E-state index >= 15 is 0 Å². The van der Waals surface area contributed by atoms with Crippen molar-refractivity contribution < 1.29 is 14.3 Å². The number of piperidine rings is 1. The number of rotatable bonds is 2. The van der Waals surface area contributed by atoms with Crippen molar-refractivity contribution >= 4 is 17.2 Å². The Labute approximate surface area is 145 Å². The van der Waals surface area contributed by atoms with E-state index in [4.69, 9.17) is 9.47 Å². The third-order valence-electron chi connectivity index (χ3n) is 4.64. The first-order chi connectivity index (χ1) is 11.7. The molecule has 0 bridgehead atoms. The van der Waals surface area contributed by atoms with Gasteiger partial charge in [-0.1, -0.05) is 30.3 Å². The van der Waals surface area contributed by atoms with Gasteiger partial charge >= 0.3 is 0 Å². The lowest BCUT2D eigenvalue weighted by molar-refractivity contribution is -0.181. The molecule has 5 nitrogen and oxygen atoms in total. The molecule has 0 aliphatic carbocycles. The zero-order valence-corrected chi connectivity index (χ0v) is 14.5. The van der Waals surface area contributed by atoms with E-state index < -0.39 is 5.79 Å². The minimum Gasteiger partial charge on any atom is -0.347 e. The van der Waals surface area contributed by atoms with Gasteiger partial charge in [-0.25, -0.2) is 4.98 Å². The summed E-state index contributed by atoms with van der Waals surface area (Å²) >= 11 is 1.47. The summed E-state index contributed by atoms with van der Waals surface area (Å²) in [6, 6.07) is 9.99. The Morgan fingerprint density at radius 3 is 2.50 bits per heavy atom. The van der Waals surface area contributed by atoms with Crippen LogP contribution in [0.4, 0.5) is 0 Å². The van der Waals surface area contributed by atoms with Gasteiger partial charge in [-0.05, 0) is 6.92 Å². The maximum Gasteiger partial charge on any atom is 0.265 e. The maximum atomic E-state index is 12.9. The van der Waals surface area contributed by atoms with Gasteiger partial charge in [-0.3, -0.25) is 4.79 Å². The van der Waals surface area contributed by atoms with Crippen LogP contribution in [0.1, 0.15) is 28.2 Å². The number of carbonyl (C=O) groups excluding carboxylic acids is 1. The molecule has 0 radical (unpaired) electrons. The molecule has 1 aromatic heterocycles. The molecule has 1 spiro atoms. The average Bonchev–Trinajstić information content (AvgIpc) is 3.23. The highest BCUT2D eigenvalue weighted by atomic mass is 32.1. The molecule has 0 atom stereocenters. The van der Waals surface area contributed by atoms with Gasteiger partial charge in [0.15, 0.2) is 5.79 Å². The second-order valence-electron chi connectivity index (χ2n) is 6.20. The lowest BCUT2D eigenvalue weighted by atomic mass is 10.0. The van der Waals surface area contributed by atoms with Crippen LogP contribution in [0.2, 0.25) is 0 Å². The number of carbonyl (C=O) groups is 1. The van der Waals surface area contributed by atoms with Crippen LogP contribution in [0.15, 0.2) is 30.3 Å². The summed E-state index contributed by atoms with van der Waals surface area (Å²) < 4.78 is 11.5. The van der Waals surface area contributed by atoms with E-state index in [2.05, 4.69) is 4.98 Å². The molecule has 1 amide bonds. The largest absolute Gasteiger partial charge is 0.347 e. The van der Waals surface area contributed by atoms with E-state index in [9.17, 15) is 4.79 Å². The first kappa shape index (κ1) is 15.7. The van der Waals surface area contributed by atoms with Gasteiger partial charge in [0.05, 0.1) is 18.9 Å².